The van der Waals surface area contributed by atoms with E-state index < -0.39 is 28.9 Å². The highest BCUT2D eigenvalue weighted by Gasteiger charge is 2.85. The van der Waals surface area contributed by atoms with E-state index in [-0.39, 0.29) is 57.3 Å². The predicted octanol–water partition coefficient (Wildman–Crippen LogP) is 7.08. The molecule has 5 aliphatic carbocycles. The Bertz CT molecular complexity index is 1420. The Morgan fingerprint density at radius 3 is 2.38 bits per heavy atom. The van der Waals surface area contributed by atoms with Gasteiger partial charge in [-0.25, -0.2) is 4.79 Å². The van der Waals surface area contributed by atoms with Crippen LogP contribution in [0.4, 0.5) is 10.5 Å². The minimum absolute atomic E-state index is 0.00854. The van der Waals surface area contributed by atoms with Crippen molar-refractivity contribution in [2.75, 3.05) is 6.61 Å². The zero-order valence-electron chi connectivity index (χ0n) is 29.6. The molecule has 10 nitrogen and oxygen atoms in total. The summed E-state index contributed by atoms with van der Waals surface area (Å²) < 4.78 is 24.3. The van der Waals surface area contributed by atoms with Gasteiger partial charge in [-0.15, -0.1) is 0 Å². The first kappa shape index (κ1) is 34.2. The number of aliphatic hydroxyl groups excluding tert-OH is 1. The van der Waals surface area contributed by atoms with E-state index in [1.807, 2.05) is 6.92 Å². The molecule has 1 heterocycles. The SMILES string of the molecule is CCO[C@@H]([C@H]1CCC2[C@H](O1)[C@H](O)C1[C@@H]3CCC4C(C)(C)[C@@H](OC(=O)Oc5ccc([N+](=O)[O-])cc5)CCC45[C@@H](C)[C@@]35CC[C@]21C)C(C)(C)O. The summed E-state index contributed by atoms with van der Waals surface area (Å²) in [4.78, 5) is 23.5. The van der Waals surface area contributed by atoms with Crippen molar-refractivity contribution in [3.05, 3.63) is 34.4 Å². The van der Waals surface area contributed by atoms with Crippen LogP contribution >= 0.6 is 0 Å². The van der Waals surface area contributed by atoms with Crippen molar-refractivity contribution < 1.29 is 38.9 Å². The molecule has 6 fully saturated rings. The molecule has 0 radical (unpaired) electrons. The molecule has 1 aromatic carbocycles. The number of nitrogens with zero attached hydrogens (tertiary/aromatic N) is 1. The van der Waals surface area contributed by atoms with E-state index in [2.05, 4.69) is 27.7 Å². The van der Waals surface area contributed by atoms with Gasteiger partial charge in [-0.2, -0.15) is 0 Å². The van der Waals surface area contributed by atoms with Crippen LogP contribution in [0.5, 0.6) is 5.75 Å². The van der Waals surface area contributed by atoms with Gasteiger partial charge in [-0.05, 0) is 130 Å². The summed E-state index contributed by atoms with van der Waals surface area (Å²) in [6, 6.07) is 5.45. The Kier molecular flexibility index (Phi) is 8.10. The predicted molar refractivity (Wildman–Crippen MR) is 177 cm³/mol. The zero-order chi connectivity index (χ0) is 34.6. The summed E-state index contributed by atoms with van der Waals surface area (Å²) in [5.74, 6) is 2.01. The molecule has 10 heteroatoms. The molecule has 1 aliphatic heterocycles. The third-order valence-electron chi connectivity index (χ3n) is 15.1. The Balaban J connectivity index is 1.08. The molecular weight excluding hydrogens is 614 g/mol. The van der Waals surface area contributed by atoms with Gasteiger partial charge in [0.05, 0.1) is 28.8 Å². The first-order valence-electron chi connectivity index (χ1n) is 18.3. The molecule has 0 aromatic heterocycles. The summed E-state index contributed by atoms with van der Waals surface area (Å²) >= 11 is 0. The Morgan fingerprint density at radius 2 is 1.73 bits per heavy atom. The first-order chi connectivity index (χ1) is 22.5. The summed E-state index contributed by atoms with van der Waals surface area (Å²) in [6.07, 6.45) is 5.33. The van der Waals surface area contributed by atoms with E-state index in [4.69, 9.17) is 18.9 Å². The minimum atomic E-state index is -1.04. The van der Waals surface area contributed by atoms with Gasteiger partial charge in [0.25, 0.3) is 5.69 Å². The molecule has 13 atom stereocenters. The minimum Gasteiger partial charge on any atom is -0.430 e. The lowest BCUT2D eigenvalue weighted by atomic mass is 9.46. The van der Waals surface area contributed by atoms with Gasteiger partial charge in [-0.3, -0.25) is 10.1 Å². The van der Waals surface area contributed by atoms with Crippen LogP contribution < -0.4 is 4.74 Å². The highest BCUT2D eigenvalue weighted by atomic mass is 16.7. The van der Waals surface area contributed by atoms with E-state index in [0.29, 0.717) is 30.3 Å². The molecule has 2 N–H and O–H groups in total. The molecule has 7 rings (SSSR count). The van der Waals surface area contributed by atoms with E-state index in [0.717, 1.165) is 51.4 Å². The van der Waals surface area contributed by atoms with Crippen LogP contribution in [0, 0.1) is 61.4 Å². The maximum absolute atomic E-state index is 13.0. The number of carbonyl (C=O) groups excluding carboxylic acids is 1. The van der Waals surface area contributed by atoms with Crippen LogP contribution in [0.25, 0.3) is 0 Å². The summed E-state index contributed by atoms with van der Waals surface area (Å²) in [7, 11) is 0. The number of aliphatic hydroxyl groups is 2. The lowest BCUT2D eigenvalue weighted by Gasteiger charge is -2.59. The lowest BCUT2D eigenvalue weighted by Crippen LogP contribution is -2.56. The molecule has 5 saturated carbocycles. The number of benzene rings is 1. The molecule has 1 saturated heterocycles. The van der Waals surface area contributed by atoms with E-state index >= 15 is 0 Å². The van der Waals surface area contributed by atoms with E-state index in [1.165, 1.54) is 24.3 Å². The molecule has 48 heavy (non-hydrogen) atoms. The molecule has 6 aliphatic rings. The second-order valence-corrected chi connectivity index (χ2v) is 17.5. The number of non-ortho nitro benzene ring substituents is 1. The van der Waals surface area contributed by atoms with Crippen LogP contribution in [0.3, 0.4) is 0 Å². The second-order valence-electron chi connectivity index (χ2n) is 17.5. The van der Waals surface area contributed by atoms with Gasteiger partial charge in [0.15, 0.2) is 0 Å². The molecule has 266 valence electrons. The summed E-state index contributed by atoms with van der Waals surface area (Å²) in [6.45, 7) is 15.4. The smallest absolute Gasteiger partial charge is 0.430 e. The lowest BCUT2D eigenvalue weighted by molar-refractivity contribution is -0.384. The largest absolute Gasteiger partial charge is 0.514 e. The highest BCUT2D eigenvalue weighted by Crippen LogP contribution is 2.89. The van der Waals surface area contributed by atoms with Crippen LogP contribution in [0.2, 0.25) is 0 Å². The van der Waals surface area contributed by atoms with Crippen LogP contribution in [-0.2, 0) is 14.2 Å². The second kappa shape index (κ2) is 11.4. The maximum Gasteiger partial charge on any atom is 0.514 e. The van der Waals surface area contributed by atoms with Crippen molar-refractivity contribution >= 4 is 11.8 Å². The number of rotatable bonds is 7. The number of fused-ring (bicyclic) bond motifs is 4. The molecule has 1 aromatic rings. The molecular formula is C38H55NO9. The van der Waals surface area contributed by atoms with E-state index in [1.54, 1.807) is 13.8 Å². The van der Waals surface area contributed by atoms with Crippen molar-refractivity contribution in [3.63, 3.8) is 0 Å². The maximum atomic E-state index is 13.0. The molecule has 2 spiro atoms. The third kappa shape index (κ3) is 4.67. The highest BCUT2D eigenvalue weighted by molar-refractivity contribution is 5.64. The van der Waals surface area contributed by atoms with Crippen LogP contribution in [0.1, 0.15) is 99.8 Å². The monoisotopic (exact) mass is 669 g/mol. The fourth-order valence-corrected chi connectivity index (χ4v) is 13.3. The Hall–Kier alpha value is -2.27. The zero-order valence-corrected chi connectivity index (χ0v) is 29.6. The average molecular weight is 670 g/mol. The van der Waals surface area contributed by atoms with Crippen molar-refractivity contribution in [2.24, 2.45) is 51.2 Å². The molecule has 4 unspecified atom stereocenters. The number of ether oxygens (including phenoxy) is 4. The number of hydrogen-bond acceptors (Lipinski definition) is 9. The number of carbonyl (C=O) groups is 1. The van der Waals surface area contributed by atoms with Crippen molar-refractivity contribution in [3.8, 4) is 5.75 Å². The Morgan fingerprint density at radius 1 is 1.04 bits per heavy atom. The summed E-state index contributed by atoms with van der Waals surface area (Å²) in [5, 5.41) is 34.2. The normalized spacial score (nSPS) is 44.6. The number of nitro groups is 1. The third-order valence-corrected chi connectivity index (χ3v) is 15.1. The average Bonchev–Trinajstić information content (AvgIpc) is 3.46. The van der Waals surface area contributed by atoms with Gasteiger partial charge in [0.1, 0.15) is 18.0 Å². The van der Waals surface area contributed by atoms with Crippen LogP contribution in [0.15, 0.2) is 24.3 Å². The molecule has 0 amide bonds. The van der Waals surface area contributed by atoms with E-state index in [9.17, 15) is 25.1 Å². The standard InChI is InChI=1S/C38H55NO9/c1-8-45-32(35(5,6)42)26-15-13-25-31(47-26)30(40)29-24-14-16-27-34(3,4)28(48-33(41)46-23-11-9-22(10-12-23)39(43)44)17-18-38(27)21(2)37(24,38)20-19-36(25,29)7/h9-12,21,24-32,40,42H,8,13-20H2,1-7H3/t21-,24-,25?,26+,27?,28-,29?,30+,31-,32-,36+,37-,38?/m0/s1. The fourth-order valence-electron chi connectivity index (χ4n) is 13.3. The van der Waals surface area contributed by atoms with Gasteiger partial charge >= 0.3 is 6.16 Å². The number of nitro benzene ring substituents is 1. The summed E-state index contributed by atoms with van der Waals surface area (Å²) in [5.41, 5.74) is -1.04. The Labute approximate surface area is 284 Å². The van der Waals surface area contributed by atoms with Gasteiger partial charge in [0.2, 0.25) is 0 Å². The molecule has 0 bridgehead atoms. The van der Waals surface area contributed by atoms with Gasteiger partial charge < -0.3 is 29.2 Å². The number of hydrogen-bond donors (Lipinski definition) is 2. The fraction of sp³-hybridized carbons (Fsp3) is 0.816. The van der Waals surface area contributed by atoms with Crippen molar-refractivity contribution in [2.45, 2.75) is 136 Å². The van der Waals surface area contributed by atoms with Gasteiger partial charge in [-0.1, -0.05) is 27.7 Å². The van der Waals surface area contributed by atoms with Crippen molar-refractivity contribution in [1.82, 2.24) is 0 Å². The van der Waals surface area contributed by atoms with Crippen LogP contribution in [-0.4, -0.2) is 64.0 Å². The van der Waals surface area contributed by atoms with Crippen molar-refractivity contribution in [1.29, 1.82) is 0 Å². The topological polar surface area (TPSA) is 138 Å². The van der Waals surface area contributed by atoms with Gasteiger partial charge in [0, 0.05) is 24.2 Å². The first-order valence-corrected chi connectivity index (χ1v) is 18.3. The quantitative estimate of drug-likeness (QED) is 0.135.